The minimum Gasteiger partial charge on any atom is -0.357 e. The largest absolute Gasteiger partial charge is 0.357 e. The Hall–Kier alpha value is -3.35. The Morgan fingerprint density at radius 2 is 1.90 bits per heavy atom. The third-order valence-electron chi connectivity index (χ3n) is 4.73. The van der Waals surface area contributed by atoms with E-state index < -0.39 is 0 Å². The van der Waals surface area contributed by atoms with Crippen LogP contribution in [0, 0.1) is 0 Å². The lowest BCUT2D eigenvalue weighted by Crippen LogP contribution is -2.38. The van der Waals surface area contributed by atoms with Crippen LogP contribution in [-0.4, -0.2) is 39.9 Å². The van der Waals surface area contributed by atoms with Crippen molar-refractivity contribution in [1.29, 1.82) is 0 Å². The molecule has 0 saturated carbocycles. The summed E-state index contributed by atoms with van der Waals surface area (Å²) in [5.74, 6) is 0.836. The second-order valence-corrected chi connectivity index (χ2v) is 6.99. The van der Waals surface area contributed by atoms with Crippen molar-refractivity contribution in [2.45, 2.75) is 32.7 Å². The summed E-state index contributed by atoms with van der Waals surface area (Å²) < 4.78 is 3.59. The number of unbranched alkanes of at least 4 members (excludes halogenated alkanes) is 1. The SMILES string of the molecule is CCNC(=NCCCCn1ccccc1=O)NCCc1ccc(-n2cccn2)cc1. The van der Waals surface area contributed by atoms with Crippen molar-refractivity contribution in [2.24, 2.45) is 4.99 Å². The van der Waals surface area contributed by atoms with Crippen LogP contribution in [0.3, 0.4) is 0 Å². The highest BCUT2D eigenvalue weighted by Crippen LogP contribution is 2.08. The van der Waals surface area contributed by atoms with Gasteiger partial charge in [0.25, 0.3) is 0 Å². The van der Waals surface area contributed by atoms with Crippen LogP contribution >= 0.6 is 0 Å². The molecule has 0 spiro atoms. The zero-order valence-electron chi connectivity index (χ0n) is 17.5. The number of benzene rings is 1. The molecule has 0 atom stereocenters. The molecular weight excluding hydrogens is 376 g/mol. The highest BCUT2D eigenvalue weighted by molar-refractivity contribution is 5.79. The molecular formula is C23H30N6O. The average molecular weight is 407 g/mol. The Balaban J connectivity index is 1.40. The zero-order chi connectivity index (χ0) is 21.0. The summed E-state index contributed by atoms with van der Waals surface area (Å²) in [5, 5.41) is 10.9. The van der Waals surface area contributed by atoms with E-state index >= 15 is 0 Å². The van der Waals surface area contributed by atoms with E-state index in [4.69, 9.17) is 0 Å². The Kier molecular flexibility index (Phi) is 8.26. The topological polar surface area (TPSA) is 76.2 Å². The predicted molar refractivity (Wildman–Crippen MR) is 121 cm³/mol. The van der Waals surface area contributed by atoms with Crippen LogP contribution in [0.1, 0.15) is 25.3 Å². The summed E-state index contributed by atoms with van der Waals surface area (Å²) >= 11 is 0. The normalized spacial score (nSPS) is 11.4. The summed E-state index contributed by atoms with van der Waals surface area (Å²) in [7, 11) is 0. The fourth-order valence-electron chi connectivity index (χ4n) is 3.13. The molecule has 2 N–H and O–H groups in total. The first kappa shape index (κ1) is 21.4. The number of hydrogen-bond acceptors (Lipinski definition) is 3. The molecule has 0 bridgehead atoms. The van der Waals surface area contributed by atoms with Crippen molar-refractivity contribution >= 4 is 5.96 Å². The second kappa shape index (κ2) is 11.6. The molecule has 0 saturated heterocycles. The summed E-state index contributed by atoms with van der Waals surface area (Å²) in [6, 6.07) is 15.6. The Morgan fingerprint density at radius 1 is 1.03 bits per heavy atom. The van der Waals surface area contributed by atoms with E-state index in [9.17, 15) is 4.79 Å². The van der Waals surface area contributed by atoms with Gasteiger partial charge in [0.1, 0.15) is 0 Å². The smallest absolute Gasteiger partial charge is 0.250 e. The first-order valence-corrected chi connectivity index (χ1v) is 10.5. The first-order chi connectivity index (χ1) is 14.8. The van der Waals surface area contributed by atoms with Gasteiger partial charge in [-0.25, -0.2) is 4.68 Å². The maximum atomic E-state index is 11.7. The lowest BCUT2D eigenvalue weighted by atomic mass is 10.1. The van der Waals surface area contributed by atoms with Crippen LogP contribution in [0.15, 0.2) is 76.9 Å². The molecule has 7 nitrogen and oxygen atoms in total. The lowest BCUT2D eigenvalue weighted by Gasteiger charge is -2.12. The molecule has 1 aromatic carbocycles. The number of guanidine groups is 1. The molecule has 30 heavy (non-hydrogen) atoms. The molecule has 0 aliphatic heterocycles. The van der Waals surface area contributed by atoms with E-state index in [1.165, 1.54) is 5.56 Å². The average Bonchev–Trinajstić information content (AvgIpc) is 3.30. The van der Waals surface area contributed by atoms with Gasteiger partial charge >= 0.3 is 0 Å². The van der Waals surface area contributed by atoms with Crippen LogP contribution in [0.2, 0.25) is 0 Å². The van der Waals surface area contributed by atoms with Crippen molar-refractivity contribution in [3.63, 3.8) is 0 Å². The van der Waals surface area contributed by atoms with Gasteiger partial charge in [0.05, 0.1) is 5.69 Å². The van der Waals surface area contributed by atoms with E-state index in [0.29, 0.717) is 0 Å². The molecule has 0 fully saturated rings. The van der Waals surface area contributed by atoms with Gasteiger partial charge < -0.3 is 15.2 Å². The molecule has 158 valence electrons. The van der Waals surface area contributed by atoms with Crippen LogP contribution in [0.4, 0.5) is 0 Å². The van der Waals surface area contributed by atoms with Crippen molar-refractivity contribution in [3.05, 3.63) is 83.0 Å². The van der Waals surface area contributed by atoms with Crippen molar-refractivity contribution in [2.75, 3.05) is 19.6 Å². The van der Waals surface area contributed by atoms with Crippen molar-refractivity contribution in [3.8, 4) is 5.69 Å². The fraction of sp³-hybridized carbons (Fsp3) is 0.348. The highest BCUT2D eigenvalue weighted by atomic mass is 16.1. The number of rotatable bonds is 10. The maximum absolute atomic E-state index is 11.7. The van der Waals surface area contributed by atoms with E-state index in [2.05, 4.69) is 51.9 Å². The summed E-state index contributed by atoms with van der Waals surface area (Å²) in [6.45, 7) is 5.16. The van der Waals surface area contributed by atoms with Crippen LogP contribution in [0.25, 0.3) is 5.69 Å². The zero-order valence-corrected chi connectivity index (χ0v) is 17.5. The van der Waals surface area contributed by atoms with E-state index in [1.54, 1.807) is 22.9 Å². The number of nitrogens with one attached hydrogen (secondary N) is 2. The number of aliphatic imine (C=N–C) groups is 1. The number of hydrogen-bond donors (Lipinski definition) is 2. The van der Waals surface area contributed by atoms with E-state index in [-0.39, 0.29) is 5.56 Å². The minimum atomic E-state index is 0.0497. The Morgan fingerprint density at radius 3 is 2.63 bits per heavy atom. The van der Waals surface area contributed by atoms with Gasteiger partial charge in [0.2, 0.25) is 5.56 Å². The molecule has 3 rings (SSSR count). The Labute approximate surface area is 177 Å². The molecule has 2 aromatic heterocycles. The van der Waals surface area contributed by atoms with Crippen LogP contribution in [-0.2, 0) is 13.0 Å². The Bertz CT molecular complexity index is 960. The molecule has 0 amide bonds. The molecule has 0 radical (unpaired) electrons. The maximum Gasteiger partial charge on any atom is 0.250 e. The first-order valence-electron chi connectivity index (χ1n) is 10.5. The predicted octanol–water partition coefficient (Wildman–Crippen LogP) is 2.61. The van der Waals surface area contributed by atoms with Crippen molar-refractivity contribution in [1.82, 2.24) is 25.0 Å². The number of pyridine rings is 1. The van der Waals surface area contributed by atoms with Gasteiger partial charge in [0, 0.05) is 50.8 Å². The molecule has 3 aromatic rings. The molecule has 0 aliphatic carbocycles. The third kappa shape index (κ3) is 6.62. The van der Waals surface area contributed by atoms with Gasteiger partial charge in [0.15, 0.2) is 5.96 Å². The van der Waals surface area contributed by atoms with Gasteiger partial charge in [-0.3, -0.25) is 9.79 Å². The van der Waals surface area contributed by atoms with E-state index in [1.807, 2.05) is 29.2 Å². The summed E-state index contributed by atoms with van der Waals surface area (Å²) in [5.41, 5.74) is 2.38. The number of aryl methyl sites for hydroxylation is 1. The number of aromatic nitrogens is 3. The summed E-state index contributed by atoms with van der Waals surface area (Å²) in [4.78, 5) is 16.3. The molecule has 0 aliphatic rings. The van der Waals surface area contributed by atoms with Gasteiger partial charge in [-0.1, -0.05) is 18.2 Å². The van der Waals surface area contributed by atoms with Crippen LogP contribution in [0.5, 0.6) is 0 Å². The van der Waals surface area contributed by atoms with Crippen molar-refractivity contribution < 1.29 is 0 Å². The third-order valence-corrected chi connectivity index (χ3v) is 4.73. The highest BCUT2D eigenvalue weighted by Gasteiger charge is 2.00. The summed E-state index contributed by atoms with van der Waals surface area (Å²) in [6.07, 6.45) is 8.33. The van der Waals surface area contributed by atoms with Gasteiger partial charge in [-0.05, 0) is 56.0 Å². The van der Waals surface area contributed by atoms with Crippen LogP contribution < -0.4 is 16.2 Å². The van der Waals surface area contributed by atoms with Gasteiger partial charge in [-0.2, -0.15) is 5.10 Å². The number of nitrogens with zero attached hydrogens (tertiary/aromatic N) is 4. The quantitative estimate of drug-likeness (QED) is 0.308. The molecule has 0 unspecified atom stereocenters. The fourth-order valence-corrected chi connectivity index (χ4v) is 3.13. The van der Waals surface area contributed by atoms with Gasteiger partial charge in [-0.15, -0.1) is 0 Å². The minimum absolute atomic E-state index is 0.0497. The molecule has 7 heteroatoms. The monoisotopic (exact) mass is 406 g/mol. The van der Waals surface area contributed by atoms with E-state index in [0.717, 1.165) is 57.1 Å². The lowest BCUT2D eigenvalue weighted by molar-refractivity contribution is 0.597. The second-order valence-electron chi connectivity index (χ2n) is 6.99. The molecule has 2 heterocycles. The standard InChI is InChI=1S/C23H30N6O/c1-2-24-23(25-14-4-6-18-28-17-5-3-8-22(28)30)26-16-13-20-9-11-21(12-10-20)29-19-7-15-27-29/h3,5,7-12,15,17,19H,2,4,6,13-14,16,18H2,1H3,(H2,24,25,26).